The van der Waals surface area contributed by atoms with Crippen LogP contribution >= 0.6 is 0 Å². The molecule has 2 N–H and O–H groups in total. The van der Waals surface area contributed by atoms with Gasteiger partial charge in [0.05, 0.1) is 6.26 Å². The molecule has 5 heteroatoms. The highest BCUT2D eigenvalue weighted by molar-refractivity contribution is 5.93. The van der Waals surface area contributed by atoms with Gasteiger partial charge in [0.25, 0.3) is 5.91 Å². The SMILES string of the molecule is O=C(NCC1(c2ccccc2)CC1)c1cc(-c2ccco2)[nH]n1. The molecule has 0 unspecified atom stereocenters. The molecule has 0 radical (unpaired) electrons. The smallest absolute Gasteiger partial charge is 0.271 e. The molecule has 1 aliphatic rings. The molecular weight excluding hydrogens is 290 g/mol. The molecule has 23 heavy (non-hydrogen) atoms. The van der Waals surface area contributed by atoms with E-state index in [1.165, 1.54) is 5.56 Å². The van der Waals surface area contributed by atoms with Crippen LogP contribution in [0.4, 0.5) is 0 Å². The highest BCUT2D eigenvalue weighted by Gasteiger charge is 2.44. The Hall–Kier alpha value is -2.82. The fourth-order valence-corrected chi connectivity index (χ4v) is 2.85. The second-order valence-electron chi connectivity index (χ2n) is 5.97. The predicted molar refractivity (Wildman–Crippen MR) is 86.0 cm³/mol. The van der Waals surface area contributed by atoms with Crippen LogP contribution in [0.15, 0.2) is 59.2 Å². The third-order valence-electron chi connectivity index (χ3n) is 4.42. The minimum absolute atomic E-state index is 0.0943. The number of aromatic amines is 1. The lowest BCUT2D eigenvalue weighted by Crippen LogP contribution is -2.32. The molecule has 4 rings (SSSR count). The van der Waals surface area contributed by atoms with Gasteiger partial charge in [0, 0.05) is 18.0 Å². The molecule has 1 aromatic carbocycles. The van der Waals surface area contributed by atoms with Crippen molar-refractivity contribution < 1.29 is 9.21 Å². The monoisotopic (exact) mass is 307 g/mol. The van der Waals surface area contributed by atoms with Gasteiger partial charge >= 0.3 is 0 Å². The predicted octanol–water partition coefficient (Wildman–Crippen LogP) is 3.13. The number of nitrogens with one attached hydrogen (secondary N) is 2. The lowest BCUT2D eigenvalue weighted by molar-refractivity contribution is 0.0944. The van der Waals surface area contributed by atoms with E-state index in [0.717, 1.165) is 12.8 Å². The highest BCUT2D eigenvalue weighted by atomic mass is 16.3. The summed E-state index contributed by atoms with van der Waals surface area (Å²) >= 11 is 0. The first-order valence-corrected chi connectivity index (χ1v) is 7.70. The van der Waals surface area contributed by atoms with Crippen molar-refractivity contribution >= 4 is 5.91 Å². The van der Waals surface area contributed by atoms with Crippen LogP contribution in [0.2, 0.25) is 0 Å². The third-order valence-corrected chi connectivity index (χ3v) is 4.42. The number of amides is 1. The minimum Gasteiger partial charge on any atom is -0.463 e. The lowest BCUT2D eigenvalue weighted by atomic mass is 9.96. The number of rotatable bonds is 5. The van der Waals surface area contributed by atoms with E-state index in [9.17, 15) is 4.79 Å². The van der Waals surface area contributed by atoms with Crippen molar-refractivity contribution in [2.24, 2.45) is 0 Å². The molecule has 1 saturated carbocycles. The van der Waals surface area contributed by atoms with Crippen molar-refractivity contribution in [1.29, 1.82) is 0 Å². The van der Waals surface area contributed by atoms with Crippen LogP contribution in [0.25, 0.3) is 11.5 Å². The summed E-state index contributed by atoms with van der Waals surface area (Å²) in [7, 11) is 0. The van der Waals surface area contributed by atoms with Gasteiger partial charge in [-0.15, -0.1) is 0 Å². The first-order chi connectivity index (χ1) is 11.3. The highest BCUT2D eigenvalue weighted by Crippen LogP contribution is 2.47. The number of hydrogen-bond donors (Lipinski definition) is 2. The van der Waals surface area contributed by atoms with E-state index in [2.05, 4.69) is 27.6 Å². The Kier molecular flexibility index (Phi) is 3.26. The van der Waals surface area contributed by atoms with Gasteiger partial charge in [-0.3, -0.25) is 9.89 Å². The number of H-pyrrole nitrogens is 1. The van der Waals surface area contributed by atoms with Crippen molar-refractivity contribution in [1.82, 2.24) is 15.5 Å². The zero-order valence-corrected chi connectivity index (χ0v) is 12.6. The maximum Gasteiger partial charge on any atom is 0.271 e. The summed E-state index contributed by atoms with van der Waals surface area (Å²) in [4.78, 5) is 12.3. The van der Waals surface area contributed by atoms with Crippen molar-refractivity contribution in [3.8, 4) is 11.5 Å². The molecule has 1 amide bonds. The van der Waals surface area contributed by atoms with Gasteiger partial charge in [-0.25, -0.2) is 0 Å². The van der Waals surface area contributed by atoms with Crippen LogP contribution in [-0.4, -0.2) is 22.6 Å². The quantitative estimate of drug-likeness (QED) is 0.760. The van der Waals surface area contributed by atoms with E-state index in [1.54, 1.807) is 18.4 Å². The summed E-state index contributed by atoms with van der Waals surface area (Å²) in [5.41, 5.74) is 2.46. The molecular formula is C18H17N3O2. The van der Waals surface area contributed by atoms with Gasteiger partial charge < -0.3 is 9.73 Å². The van der Waals surface area contributed by atoms with Crippen LogP contribution in [0.3, 0.4) is 0 Å². The first-order valence-electron chi connectivity index (χ1n) is 7.70. The number of nitrogens with zero attached hydrogens (tertiary/aromatic N) is 1. The maximum atomic E-state index is 12.3. The van der Waals surface area contributed by atoms with E-state index in [1.807, 2.05) is 24.3 Å². The standard InChI is InChI=1S/C18H17N3O2/c22-17(15-11-14(20-21-15)16-7-4-10-23-16)19-12-18(8-9-18)13-5-2-1-3-6-13/h1-7,10-11H,8-9,12H2,(H,19,22)(H,20,21). The van der Waals surface area contributed by atoms with E-state index in [0.29, 0.717) is 23.7 Å². The molecule has 0 saturated heterocycles. The zero-order chi connectivity index (χ0) is 15.7. The molecule has 1 aliphatic carbocycles. The summed E-state index contributed by atoms with van der Waals surface area (Å²) in [5, 5.41) is 9.90. The summed E-state index contributed by atoms with van der Waals surface area (Å²) in [6.45, 7) is 0.638. The van der Waals surface area contributed by atoms with Gasteiger partial charge in [0.2, 0.25) is 0 Å². The molecule has 116 valence electrons. The topological polar surface area (TPSA) is 70.9 Å². The Bertz CT molecular complexity index is 802. The van der Waals surface area contributed by atoms with Gasteiger partial charge in [0.1, 0.15) is 5.69 Å². The Labute approximate surface area is 133 Å². The van der Waals surface area contributed by atoms with Gasteiger partial charge in [-0.05, 0) is 30.5 Å². The zero-order valence-electron chi connectivity index (χ0n) is 12.6. The van der Waals surface area contributed by atoms with Crippen molar-refractivity contribution in [2.75, 3.05) is 6.54 Å². The molecule has 0 aliphatic heterocycles. The Morgan fingerprint density at radius 1 is 1.22 bits per heavy atom. The Morgan fingerprint density at radius 3 is 2.74 bits per heavy atom. The van der Waals surface area contributed by atoms with Gasteiger partial charge in [-0.2, -0.15) is 5.10 Å². The third kappa shape index (κ3) is 2.65. The van der Waals surface area contributed by atoms with Crippen LogP contribution in [0.1, 0.15) is 28.9 Å². The summed E-state index contributed by atoms with van der Waals surface area (Å²) in [6.07, 6.45) is 3.80. The largest absolute Gasteiger partial charge is 0.463 e. The molecule has 5 nitrogen and oxygen atoms in total. The molecule has 1 fully saturated rings. The number of carbonyl (C=O) groups excluding carboxylic acids is 1. The van der Waals surface area contributed by atoms with Crippen LogP contribution in [-0.2, 0) is 5.41 Å². The number of carbonyl (C=O) groups is 1. The van der Waals surface area contributed by atoms with E-state index in [-0.39, 0.29) is 11.3 Å². The second-order valence-corrected chi connectivity index (χ2v) is 5.97. The minimum atomic E-state index is -0.165. The van der Waals surface area contributed by atoms with E-state index < -0.39 is 0 Å². The number of benzene rings is 1. The second kappa shape index (κ2) is 5.43. The molecule has 3 aromatic rings. The van der Waals surface area contributed by atoms with Gasteiger partial charge in [-0.1, -0.05) is 30.3 Å². The van der Waals surface area contributed by atoms with Crippen LogP contribution in [0.5, 0.6) is 0 Å². The average molecular weight is 307 g/mol. The molecule has 2 heterocycles. The van der Waals surface area contributed by atoms with Gasteiger partial charge in [0.15, 0.2) is 11.5 Å². The fraction of sp³-hybridized carbons (Fsp3) is 0.222. The first kappa shape index (κ1) is 13.8. The number of hydrogen-bond acceptors (Lipinski definition) is 3. The molecule has 0 atom stereocenters. The summed E-state index contributed by atoms with van der Waals surface area (Å²) < 4.78 is 5.29. The summed E-state index contributed by atoms with van der Waals surface area (Å²) in [6, 6.07) is 15.7. The maximum absolute atomic E-state index is 12.3. The van der Waals surface area contributed by atoms with E-state index in [4.69, 9.17) is 4.42 Å². The Balaban J connectivity index is 1.43. The molecule has 0 bridgehead atoms. The average Bonchev–Trinajstić information content (AvgIpc) is 3.01. The van der Waals surface area contributed by atoms with Crippen LogP contribution in [0, 0.1) is 0 Å². The molecule has 0 spiro atoms. The van der Waals surface area contributed by atoms with Crippen molar-refractivity contribution in [3.63, 3.8) is 0 Å². The van der Waals surface area contributed by atoms with Crippen molar-refractivity contribution in [3.05, 3.63) is 66.1 Å². The van der Waals surface area contributed by atoms with E-state index >= 15 is 0 Å². The van der Waals surface area contributed by atoms with Crippen molar-refractivity contribution in [2.45, 2.75) is 18.3 Å². The fourth-order valence-electron chi connectivity index (χ4n) is 2.85. The molecule has 2 aromatic heterocycles. The summed E-state index contributed by atoms with van der Waals surface area (Å²) in [5.74, 6) is 0.501. The number of aromatic nitrogens is 2. The van der Waals surface area contributed by atoms with Crippen LogP contribution < -0.4 is 5.32 Å². The number of furan rings is 1. The normalized spacial score (nSPS) is 15.3. The Morgan fingerprint density at radius 2 is 2.04 bits per heavy atom. The lowest BCUT2D eigenvalue weighted by Gasteiger charge is -2.16.